The Bertz CT molecular complexity index is 542. The fraction of sp³-hybridized carbons (Fsp3) is 0.538. The molecule has 2 aromatic heterocycles. The zero-order valence-corrected chi connectivity index (χ0v) is 12.3. The second kappa shape index (κ2) is 6.68. The summed E-state index contributed by atoms with van der Waals surface area (Å²) in [5.41, 5.74) is 0. The molecule has 2 aromatic rings. The molecule has 0 aliphatic heterocycles. The lowest BCUT2D eigenvalue weighted by atomic mass is 10.3. The Kier molecular flexibility index (Phi) is 4.93. The first-order chi connectivity index (χ1) is 9.24. The first kappa shape index (κ1) is 14.0. The molecule has 0 amide bonds. The van der Waals surface area contributed by atoms with Crippen molar-refractivity contribution in [3.8, 4) is 5.88 Å². The Morgan fingerprint density at radius 2 is 2.11 bits per heavy atom. The number of nitrogens with one attached hydrogen (secondary N) is 1. The Balaban J connectivity index is 2.22. The molecule has 0 fully saturated rings. The minimum Gasteiger partial charge on any atom is -0.475 e. The summed E-state index contributed by atoms with van der Waals surface area (Å²) < 4.78 is 11.0. The fourth-order valence-corrected chi connectivity index (χ4v) is 2.57. The average molecular weight is 281 g/mol. The van der Waals surface area contributed by atoms with E-state index in [0.717, 1.165) is 16.8 Å². The van der Waals surface area contributed by atoms with Crippen LogP contribution >= 0.6 is 11.3 Å². The van der Waals surface area contributed by atoms with Gasteiger partial charge in [0.1, 0.15) is 11.4 Å². The number of anilines is 1. The molecule has 0 aromatic carbocycles. The van der Waals surface area contributed by atoms with E-state index in [-0.39, 0.29) is 0 Å². The third-order valence-electron chi connectivity index (χ3n) is 2.49. The van der Waals surface area contributed by atoms with Crippen molar-refractivity contribution in [1.82, 2.24) is 9.97 Å². The lowest BCUT2D eigenvalue weighted by molar-refractivity contribution is 0.109. The van der Waals surface area contributed by atoms with E-state index in [1.807, 2.05) is 13.8 Å². The van der Waals surface area contributed by atoms with Crippen molar-refractivity contribution in [3.63, 3.8) is 0 Å². The highest BCUT2D eigenvalue weighted by molar-refractivity contribution is 7.18. The number of aryl methyl sites for hydroxylation is 1. The van der Waals surface area contributed by atoms with Crippen LogP contribution in [-0.4, -0.2) is 36.3 Å². The molecule has 0 aliphatic rings. The van der Waals surface area contributed by atoms with Gasteiger partial charge in [0.2, 0.25) is 11.8 Å². The first-order valence-electron chi connectivity index (χ1n) is 6.47. The molecule has 0 unspecified atom stereocenters. The predicted octanol–water partition coefficient (Wildman–Crippen LogP) is 2.85. The number of nitrogens with zero attached hydrogens (tertiary/aromatic N) is 2. The Labute approximate surface area is 117 Å². The third-order valence-corrected chi connectivity index (χ3v) is 3.43. The van der Waals surface area contributed by atoms with Gasteiger partial charge in [-0.25, -0.2) is 4.98 Å². The highest BCUT2D eigenvalue weighted by atomic mass is 32.1. The van der Waals surface area contributed by atoms with Gasteiger partial charge < -0.3 is 14.8 Å². The summed E-state index contributed by atoms with van der Waals surface area (Å²) in [6.45, 7) is 8.60. The molecule has 0 aliphatic carbocycles. The zero-order chi connectivity index (χ0) is 13.7. The van der Waals surface area contributed by atoms with Gasteiger partial charge in [0.25, 0.3) is 0 Å². The van der Waals surface area contributed by atoms with Crippen LogP contribution in [0.25, 0.3) is 10.2 Å². The molecule has 104 valence electrons. The van der Waals surface area contributed by atoms with Crippen molar-refractivity contribution in [3.05, 3.63) is 10.9 Å². The molecule has 0 radical (unpaired) electrons. The van der Waals surface area contributed by atoms with Gasteiger partial charge in [-0.05, 0) is 26.8 Å². The molecule has 0 saturated carbocycles. The molecule has 19 heavy (non-hydrogen) atoms. The monoisotopic (exact) mass is 281 g/mol. The number of thiophene rings is 1. The Morgan fingerprint density at radius 3 is 2.84 bits per heavy atom. The van der Waals surface area contributed by atoms with Crippen LogP contribution in [0.3, 0.4) is 0 Å². The second-order valence-electron chi connectivity index (χ2n) is 4.00. The lowest BCUT2D eigenvalue weighted by Gasteiger charge is -2.08. The van der Waals surface area contributed by atoms with Crippen molar-refractivity contribution in [1.29, 1.82) is 0 Å². The number of rotatable bonds is 7. The largest absolute Gasteiger partial charge is 0.475 e. The lowest BCUT2D eigenvalue weighted by Crippen LogP contribution is -2.09. The summed E-state index contributed by atoms with van der Waals surface area (Å²) in [7, 11) is 0. The Morgan fingerprint density at radius 1 is 1.26 bits per heavy atom. The van der Waals surface area contributed by atoms with Crippen LogP contribution in [0.5, 0.6) is 5.88 Å². The Hall–Kier alpha value is -1.40. The maximum atomic E-state index is 5.71. The van der Waals surface area contributed by atoms with Gasteiger partial charge in [-0.2, -0.15) is 4.98 Å². The quantitative estimate of drug-likeness (QED) is 0.791. The molecule has 0 spiro atoms. The van der Waals surface area contributed by atoms with E-state index in [1.165, 1.54) is 4.88 Å². The van der Waals surface area contributed by atoms with Gasteiger partial charge in [0, 0.05) is 18.0 Å². The van der Waals surface area contributed by atoms with Gasteiger partial charge in [0.15, 0.2) is 0 Å². The van der Waals surface area contributed by atoms with Crippen molar-refractivity contribution in [2.24, 2.45) is 0 Å². The molecule has 0 bridgehead atoms. The van der Waals surface area contributed by atoms with Crippen molar-refractivity contribution in [2.75, 3.05) is 31.7 Å². The number of aromatic nitrogens is 2. The van der Waals surface area contributed by atoms with Gasteiger partial charge in [-0.15, -0.1) is 11.3 Å². The van der Waals surface area contributed by atoms with Crippen molar-refractivity contribution in [2.45, 2.75) is 20.8 Å². The molecule has 5 nitrogen and oxygen atoms in total. The fourth-order valence-electron chi connectivity index (χ4n) is 1.70. The van der Waals surface area contributed by atoms with Gasteiger partial charge >= 0.3 is 0 Å². The van der Waals surface area contributed by atoms with Crippen LogP contribution in [0.1, 0.15) is 18.7 Å². The molecule has 1 N–H and O–H groups in total. The maximum Gasteiger partial charge on any atom is 0.227 e. The molecule has 6 heteroatoms. The highest BCUT2D eigenvalue weighted by Crippen LogP contribution is 2.30. The van der Waals surface area contributed by atoms with Gasteiger partial charge in [-0.3, -0.25) is 0 Å². The summed E-state index contributed by atoms with van der Waals surface area (Å²) in [6.07, 6.45) is 0. The number of ether oxygens (including phenoxy) is 2. The number of fused-ring (bicyclic) bond motifs is 1. The van der Waals surface area contributed by atoms with Gasteiger partial charge in [0.05, 0.1) is 12.0 Å². The minimum absolute atomic E-state index is 0.500. The molecule has 2 rings (SSSR count). The third kappa shape index (κ3) is 3.54. The number of hydrogen-bond donors (Lipinski definition) is 1. The van der Waals surface area contributed by atoms with Crippen LogP contribution in [0, 0.1) is 6.92 Å². The summed E-state index contributed by atoms with van der Waals surface area (Å²) in [4.78, 5) is 11.0. The summed E-state index contributed by atoms with van der Waals surface area (Å²) in [5.74, 6) is 1.24. The normalized spacial score (nSPS) is 10.9. The van der Waals surface area contributed by atoms with E-state index in [0.29, 0.717) is 31.6 Å². The second-order valence-corrected chi connectivity index (χ2v) is 5.24. The SMILES string of the molecule is CCNc1nc(OCCOCC)c2cc(C)sc2n1. The predicted molar refractivity (Wildman–Crippen MR) is 78.3 cm³/mol. The van der Waals surface area contributed by atoms with E-state index in [1.54, 1.807) is 11.3 Å². The van der Waals surface area contributed by atoms with E-state index in [2.05, 4.69) is 28.3 Å². The summed E-state index contributed by atoms with van der Waals surface area (Å²) in [6, 6.07) is 2.06. The van der Waals surface area contributed by atoms with E-state index in [9.17, 15) is 0 Å². The summed E-state index contributed by atoms with van der Waals surface area (Å²) in [5, 5.41) is 4.10. The molecule has 2 heterocycles. The molecular weight excluding hydrogens is 262 g/mol. The molecular formula is C13H19N3O2S. The zero-order valence-electron chi connectivity index (χ0n) is 11.5. The highest BCUT2D eigenvalue weighted by Gasteiger charge is 2.11. The van der Waals surface area contributed by atoms with E-state index in [4.69, 9.17) is 9.47 Å². The standard InChI is InChI=1S/C13H19N3O2S/c1-4-14-13-15-11(18-7-6-17-5-2)10-8-9(3)19-12(10)16-13/h8H,4-7H2,1-3H3,(H,14,15,16). The van der Waals surface area contributed by atoms with Crippen molar-refractivity contribution >= 4 is 27.5 Å². The van der Waals surface area contributed by atoms with Gasteiger partial charge in [-0.1, -0.05) is 0 Å². The minimum atomic E-state index is 0.500. The topological polar surface area (TPSA) is 56.3 Å². The van der Waals surface area contributed by atoms with Crippen LogP contribution in [0.2, 0.25) is 0 Å². The van der Waals surface area contributed by atoms with Crippen molar-refractivity contribution < 1.29 is 9.47 Å². The first-order valence-corrected chi connectivity index (χ1v) is 7.28. The van der Waals surface area contributed by atoms with Crippen LogP contribution in [0.4, 0.5) is 5.95 Å². The molecule has 0 saturated heterocycles. The smallest absolute Gasteiger partial charge is 0.227 e. The maximum absolute atomic E-state index is 5.71. The summed E-state index contributed by atoms with van der Waals surface area (Å²) >= 11 is 1.65. The van der Waals surface area contributed by atoms with Crippen LogP contribution in [-0.2, 0) is 4.74 Å². The van der Waals surface area contributed by atoms with Crippen LogP contribution in [0.15, 0.2) is 6.07 Å². The molecule has 0 atom stereocenters. The average Bonchev–Trinajstić information content (AvgIpc) is 2.75. The van der Waals surface area contributed by atoms with E-state index >= 15 is 0 Å². The van der Waals surface area contributed by atoms with E-state index < -0.39 is 0 Å². The van der Waals surface area contributed by atoms with Crippen LogP contribution < -0.4 is 10.1 Å². The number of hydrogen-bond acceptors (Lipinski definition) is 6.